The third kappa shape index (κ3) is 7.06. The highest BCUT2D eigenvalue weighted by atomic mass is 127. The lowest BCUT2D eigenvalue weighted by Crippen LogP contribution is -2.48. The summed E-state index contributed by atoms with van der Waals surface area (Å²) in [5.41, 5.74) is 1.22. The molecule has 0 aliphatic carbocycles. The second-order valence-corrected chi connectivity index (χ2v) is 7.67. The van der Waals surface area contributed by atoms with Crippen molar-refractivity contribution in [2.45, 2.75) is 58.5 Å². The van der Waals surface area contributed by atoms with Crippen molar-refractivity contribution < 1.29 is 0 Å². The monoisotopic (exact) mass is 500 g/mol. The van der Waals surface area contributed by atoms with Gasteiger partial charge in [0.05, 0.1) is 6.54 Å². The number of nitrogens with one attached hydrogen (secondary N) is 2. The van der Waals surface area contributed by atoms with E-state index < -0.39 is 0 Å². The summed E-state index contributed by atoms with van der Waals surface area (Å²) in [7, 11) is 0. The van der Waals surface area contributed by atoms with Crippen LogP contribution in [0.15, 0.2) is 23.3 Å². The Balaban J connectivity index is 0.00000280. The fraction of sp³-hybridized carbons (Fsp3) is 0.714. The lowest BCUT2D eigenvalue weighted by molar-refractivity contribution is 0.206. The van der Waals surface area contributed by atoms with E-state index in [-0.39, 0.29) is 24.0 Å². The van der Waals surface area contributed by atoms with E-state index in [1.54, 1.807) is 0 Å². The number of pyridine rings is 1. The van der Waals surface area contributed by atoms with Gasteiger partial charge in [-0.25, -0.2) is 9.98 Å². The number of halogens is 1. The van der Waals surface area contributed by atoms with E-state index in [0.717, 1.165) is 31.4 Å². The molecule has 7 heteroatoms. The summed E-state index contributed by atoms with van der Waals surface area (Å²) in [6.45, 7) is 11.8. The van der Waals surface area contributed by atoms with Crippen LogP contribution in [0.2, 0.25) is 0 Å². The van der Waals surface area contributed by atoms with Crippen LogP contribution in [0.25, 0.3) is 0 Å². The first-order chi connectivity index (χ1) is 13.3. The Morgan fingerprint density at radius 1 is 1.18 bits per heavy atom. The molecule has 1 aromatic rings. The zero-order chi connectivity index (χ0) is 18.9. The second kappa shape index (κ2) is 12.5. The highest BCUT2D eigenvalue weighted by Crippen LogP contribution is 2.19. The molecule has 0 unspecified atom stereocenters. The number of guanidine groups is 1. The number of piperidine rings is 1. The fourth-order valence-corrected chi connectivity index (χ4v) is 3.98. The molecule has 0 aromatic carbocycles. The van der Waals surface area contributed by atoms with Crippen LogP contribution in [0.1, 0.15) is 51.5 Å². The zero-order valence-corrected chi connectivity index (χ0v) is 19.8. The lowest BCUT2D eigenvalue weighted by atomic mass is 10.1. The zero-order valence-electron chi connectivity index (χ0n) is 17.5. The molecule has 2 N–H and O–H groups in total. The van der Waals surface area contributed by atoms with Crippen LogP contribution >= 0.6 is 24.0 Å². The van der Waals surface area contributed by atoms with E-state index in [4.69, 9.17) is 4.99 Å². The molecule has 2 aliphatic heterocycles. The molecule has 0 saturated carbocycles. The Labute approximate surface area is 187 Å². The Bertz CT molecular complexity index is 594. The van der Waals surface area contributed by atoms with Gasteiger partial charge in [0.1, 0.15) is 5.82 Å². The van der Waals surface area contributed by atoms with E-state index in [9.17, 15) is 0 Å². The minimum atomic E-state index is 0. The van der Waals surface area contributed by atoms with E-state index in [2.05, 4.69) is 51.4 Å². The van der Waals surface area contributed by atoms with Gasteiger partial charge in [-0.1, -0.05) is 6.92 Å². The van der Waals surface area contributed by atoms with Crippen molar-refractivity contribution in [1.82, 2.24) is 20.5 Å². The maximum absolute atomic E-state index is 4.84. The van der Waals surface area contributed by atoms with Gasteiger partial charge in [0, 0.05) is 45.0 Å². The molecule has 0 amide bonds. The first-order valence-corrected chi connectivity index (χ1v) is 10.8. The maximum atomic E-state index is 4.84. The largest absolute Gasteiger partial charge is 0.357 e. The van der Waals surface area contributed by atoms with Crippen LogP contribution in [-0.2, 0) is 6.54 Å². The summed E-state index contributed by atoms with van der Waals surface area (Å²) < 4.78 is 0. The molecular formula is C21H37IN6. The molecule has 158 valence electrons. The van der Waals surface area contributed by atoms with E-state index in [0.29, 0.717) is 12.6 Å². The van der Waals surface area contributed by atoms with Crippen LogP contribution in [0.4, 0.5) is 5.82 Å². The highest BCUT2D eigenvalue weighted by molar-refractivity contribution is 14.0. The highest BCUT2D eigenvalue weighted by Gasteiger charge is 2.19. The Kier molecular flexibility index (Phi) is 10.3. The van der Waals surface area contributed by atoms with Gasteiger partial charge in [0.2, 0.25) is 0 Å². The molecule has 1 aromatic heterocycles. The summed E-state index contributed by atoms with van der Waals surface area (Å²) >= 11 is 0. The quantitative estimate of drug-likeness (QED) is 0.342. The molecule has 0 spiro atoms. The number of hydrogen-bond donors (Lipinski definition) is 2. The average molecular weight is 500 g/mol. The van der Waals surface area contributed by atoms with E-state index in [1.807, 2.05) is 6.20 Å². The topological polar surface area (TPSA) is 55.8 Å². The predicted octanol–water partition coefficient (Wildman–Crippen LogP) is 3.23. The average Bonchev–Trinajstić information content (AvgIpc) is 3.23. The van der Waals surface area contributed by atoms with Crippen molar-refractivity contribution in [2.24, 2.45) is 4.99 Å². The summed E-state index contributed by atoms with van der Waals surface area (Å²) in [5, 5.41) is 7.05. The standard InChI is InChI=1S/C21H36N6.HI/c1-3-11-26-14-8-19(9-15-26)25-21(22-4-2)24-17-18-7-10-23-20(16-18)27-12-5-6-13-27;/h7,10,16,19H,3-6,8-9,11-15,17H2,1-2H3,(H2,22,24,25);1H. The van der Waals surface area contributed by atoms with Gasteiger partial charge in [-0.05, 0) is 63.3 Å². The van der Waals surface area contributed by atoms with Gasteiger partial charge in [-0.15, -0.1) is 24.0 Å². The number of likely N-dealkylation sites (tertiary alicyclic amines) is 1. The lowest BCUT2D eigenvalue weighted by Gasteiger charge is -2.32. The smallest absolute Gasteiger partial charge is 0.191 e. The van der Waals surface area contributed by atoms with Crippen molar-refractivity contribution in [3.05, 3.63) is 23.9 Å². The molecule has 0 radical (unpaired) electrons. The third-order valence-corrected chi connectivity index (χ3v) is 5.47. The van der Waals surface area contributed by atoms with E-state index in [1.165, 1.54) is 57.3 Å². The van der Waals surface area contributed by atoms with Gasteiger partial charge < -0.3 is 20.4 Å². The molecular weight excluding hydrogens is 463 g/mol. The van der Waals surface area contributed by atoms with Crippen molar-refractivity contribution >= 4 is 35.8 Å². The molecule has 6 nitrogen and oxygen atoms in total. The molecule has 2 saturated heterocycles. The number of aromatic nitrogens is 1. The van der Waals surface area contributed by atoms with Crippen LogP contribution in [0.5, 0.6) is 0 Å². The molecule has 2 aliphatic rings. The minimum Gasteiger partial charge on any atom is -0.357 e. The molecule has 0 atom stereocenters. The van der Waals surface area contributed by atoms with E-state index >= 15 is 0 Å². The minimum absolute atomic E-state index is 0. The van der Waals surface area contributed by atoms with Crippen LogP contribution in [-0.4, -0.2) is 61.2 Å². The molecule has 0 bridgehead atoms. The van der Waals surface area contributed by atoms with Crippen LogP contribution in [0, 0.1) is 0 Å². The first kappa shape index (κ1) is 23.2. The molecule has 2 fully saturated rings. The summed E-state index contributed by atoms with van der Waals surface area (Å²) in [5.74, 6) is 2.03. The summed E-state index contributed by atoms with van der Waals surface area (Å²) in [6, 6.07) is 4.80. The fourth-order valence-electron chi connectivity index (χ4n) is 3.98. The first-order valence-electron chi connectivity index (χ1n) is 10.8. The number of hydrogen-bond acceptors (Lipinski definition) is 4. The Morgan fingerprint density at radius 3 is 2.61 bits per heavy atom. The van der Waals surface area contributed by atoms with Crippen molar-refractivity contribution in [3.8, 4) is 0 Å². The molecule has 3 heterocycles. The second-order valence-electron chi connectivity index (χ2n) is 7.67. The predicted molar refractivity (Wildman–Crippen MR) is 129 cm³/mol. The maximum Gasteiger partial charge on any atom is 0.191 e. The third-order valence-electron chi connectivity index (χ3n) is 5.47. The van der Waals surface area contributed by atoms with Gasteiger partial charge in [0.15, 0.2) is 5.96 Å². The number of aliphatic imine (C=N–C) groups is 1. The van der Waals surface area contributed by atoms with Crippen LogP contribution < -0.4 is 15.5 Å². The SMILES string of the molecule is CCCN1CCC(NC(=NCc2ccnc(N3CCCC3)c2)NCC)CC1.I. The van der Waals surface area contributed by atoms with Gasteiger partial charge in [-0.3, -0.25) is 0 Å². The molecule has 3 rings (SSSR count). The Hall–Kier alpha value is -1.09. The number of rotatable bonds is 7. The van der Waals surface area contributed by atoms with Gasteiger partial charge in [0.25, 0.3) is 0 Å². The summed E-state index contributed by atoms with van der Waals surface area (Å²) in [4.78, 5) is 14.3. The number of anilines is 1. The normalized spacial score (nSPS) is 18.8. The van der Waals surface area contributed by atoms with Crippen LogP contribution in [0.3, 0.4) is 0 Å². The molecule has 28 heavy (non-hydrogen) atoms. The summed E-state index contributed by atoms with van der Waals surface area (Å²) in [6.07, 6.45) is 8.10. The van der Waals surface area contributed by atoms with Crippen molar-refractivity contribution in [1.29, 1.82) is 0 Å². The van der Waals surface area contributed by atoms with Gasteiger partial charge in [-0.2, -0.15) is 0 Å². The van der Waals surface area contributed by atoms with Gasteiger partial charge >= 0.3 is 0 Å². The van der Waals surface area contributed by atoms with Crippen molar-refractivity contribution in [3.63, 3.8) is 0 Å². The van der Waals surface area contributed by atoms with Crippen molar-refractivity contribution in [2.75, 3.05) is 44.2 Å². The number of nitrogens with zero attached hydrogens (tertiary/aromatic N) is 4. The Morgan fingerprint density at radius 2 is 1.93 bits per heavy atom.